The highest BCUT2D eigenvalue weighted by Crippen LogP contribution is 2.32. The number of halogens is 2. The van der Waals surface area contributed by atoms with E-state index in [1.54, 1.807) is 37.8 Å². The minimum Gasteiger partial charge on any atom is -0.465 e. The van der Waals surface area contributed by atoms with Gasteiger partial charge in [0.1, 0.15) is 0 Å². The molecule has 0 N–H and O–H groups in total. The summed E-state index contributed by atoms with van der Waals surface area (Å²) in [5, 5.41) is 0. The first-order chi connectivity index (χ1) is 9.52. The average Bonchev–Trinajstić information content (AvgIpc) is 2.95. The van der Waals surface area contributed by atoms with E-state index in [4.69, 9.17) is 4.74 Å². The van der Waals surface area contributed by atoms with Gasteiger partial charge in [0.05, 0.1) is 25.7 Å². The second kappa shape index (κ2) is 7.06. The molecule has 0 aliphatic heterocycles. The largest absolute Gasteiger partial charge is 0.465 e. The van der Waals surface area contributed by atoms with Crippen LogP contribution in [0.5, 0.6) is 5.75 Å². The van der Waals surface area contributed by atoms with E-state index in [9.17, 15) is 9.59 Å². The number of esters is 2. The van der Waals surface area contributed by atoms with E-state index in [0.717, 1.165) is 0 Å². The van der Waals surface area contributed by atoms with Crippen molar-refractivity contribution in [1.82, 2.24) is 0 Å². The van der Waals surface area contributed by atoms with Crippen molar-refractivity contribution in [3.63, 3.8) is 0 Å². The second-order valence-corrected chi connectivity index (χ2v) is 6.15. The van der Waals surface area contributed by atoms with E-state index >= 15 is 0 Å². The highest BCUT2D eigenvalue weighted by Gasteiger charge is 2.28. The highest BCUT2D eigenvalue weighted by molar-refractivity contribution is 14.1. The fraction of sp³-hybridized carbons (Fsp3) is 0.0714. The molecule has 0 unspecified atom stereocenters. The van der Waals surface area contributed by atoms with Gasteiger partial charge in [0.2, 0.25) is 0 Å². The van der Waals surface area contributed by atoms with Crippen molar-refractivity contribution < 1.29 is 19.1 Å². The molecule has 4 nitrogen and oxygen atoms in total. The Balaban J connectivity index is 2.19. The lowest BCUT2D eigenvalue weighted by atomic mass is 10.1. The fourth-order valence-corrected chi connectivity index (χ4v) is 3.54. The van der Waals surface area contributed by atoms with Crippen molar-refractivity contribution in [3.05, 3.63) is 56.4 Å². The maximum Gasteiger partial charge on any atom is 0.337 e. The number of rotatable bonds is 3. The average molecular weight is 495 g/mol. The summed E-state index contributed by atoms with van der Waals surface area (Å²) >= 11 is 4.05. The molecule has 0 aromatic heterocycles. The lowest BCUT2D eigenvalue weighted by Gasteiger charge is -2.12. The third kappa shape index (κ3) is 3.63. The maximum absolute atomic E-state index is 11.9. The molecule has 1 aromatic carbocycles. The molecule has 5 radical (unpaired) electrons. The Labute approximate surface area is 144 Å². The molecule has 1 fully saturated rings. The summed E-state index contributed by atoms with van der Waals surface area (Å²) in [6.07, 6.45) is 6.91. The van der Waals surface area contributed by atoms with Crippen molar-refractivity contribution in [2.24, 2.45) is 0 Å². The lowest BCUT2D eigenvalue weighted by Crippen LogP contribution is -2.18. The van der Waals surface area contributed by atoms with E-state index < -0.39 is 11.9 Å². The van der Waals surface area contributed by atoms with Gasteiger partial charge >= 0.3 is 11.9 Å². The van der Waals surface area contributed by atoms with Gasteiger partial charge in [-0.15, -0.1) is 0 Å². The molecule has 1 saturated carbocycles. The summed E-state index contributed by atoms with van der Waals surface area (Å²) in [6, 6.07) is 3.25. The topological polar surface area (TPSA) is 52.6 Å². The predicted octanol–water partition coefficient (Wildman–Crippen LogP) is 2.99. The van der Waals surface area contributed by atoms with Crippen LogP contribution in [0.1, 0.15) is 10.4 Å². The van der Waals surface area contributed by atoms with E-state index in [1.807, 2.05) is 45.2 Å². The molecule has 1 aromatic rings. The summed E-state index contributed by atoms with van der Waals surface area (Å²) in [4.78, 5) is 23.4. The van der Waals surface area contributed by atoms with Gasteiger partial charge in [0.25, 0.3) is 0 Å². The van der Waals surface area contributed by atoms with Crippen LogP contribution in [-0.2, 0) is 9.53 Å². The van der Waals surface area contributed by atoms with Crippen LogP contribution in [0.2, 0.25) is 0 Å². The third-order valence-corrected chi connectivity index (χ3v) is 4.12. The zero-order valence-corrected chi connectivity index (χ0v) is 14.7. The van der Waals surface area contributed by atoms with Crippen LogP contribution in [0, 0.1) is 38.7 Å². The molecule has 20 heavy (non-hydrogen) atoms. The Hall–Kier alpha value is -0.380. The third-order valence-electron chi connectivity index (χ3n) is 2.51. The summed E-state index contributed by atoms with van der Waals surface area (Å²) in [6.45, 7) is 0. The molecule has 0 saturated heterocycles. The van der Waals surface area contributed by atoms with Crippen molar-refractivity contribution in [2.75, 3.05) is 7.11 Å². The fourth-order valence-electron chi connectivity index (χ4n) is 1.55. The Morgan fingerprint density at radius 1 is 1.00 bits per heavy atom. The zero-order chi connectivity index (χ0) is 14.7. The minimum absolute atomic E-state index is 0.420. The molecule has 1 aliphatic carbocycles. The monoisotopic (exact) mass is 495 g/mol. The molecule has 6 heteroatoms. The van der Waals surface area contributed by atoms with Crippen molar-refractivity contribution in [1.29, 1.82) is 0 Å². The van der Waals surface area contributed by atoms with Crippen LogP contribution < -0.4 is 4.74 Å². The van der Waals surface area contributed by atoms with Crippen molar-refractivity contribution in [2.45, 2.75) is 0 Å². The van der Waals surface area contributed by atoms with Gasteiger partial charge in [-0.25, -0.2) is 4.79 Å². The summed E-state index contributed by atoms with van der Waals surface area (Å²) in [7, 11) is 1.32. The van der Waals surface area contributed by atoms with Gasteiger partial charge in [-0.2, -0.15) is 0 Å². The number of hydrogen-bond donors (Lipinski definition) is 0. The molecule has 0 atom stereocenters. The number of benzene rings is 1. The van der Waals surface area contributed by atoms with Crippen LogP contribution in [0.3, 0.4) is 0 Å². The molecule has 103 valence electrons. The van der Waals surface area contributed by atoms with Gasteiger partial charge in [-0.05, 0) is 83.0 Å². The van der Waals surface area contributed by atoms with Gasteiger partial charge < -0.3 is 9.47 Å². The minimum atomic E-state index is -0.422. The van der Waals surface area contributed by atoms with Crippen molar-refractivity contribution >= 4 is 57.1 Å². The number of carbonyl (C=O) groups is 2. The molecular formula is C14H9I2O4. The first-order valence-electron chi connectivity index (χ1n) is 5.54. The molecular weight excluding hydrogens is 486 g/mol. The summed E-state index contributed by atoms with van der Waals surface area (Å²) < 4.78 is 11.4. The first kappa shape index (κ1) is 16.0. The Bertz CT molecular complexity index is 513. The van der Waals surface area contributed by atoms with Gasteiger partial charge in [0.15, 0.2) is 5.75 Å². The number of ether oxygens (including phenoxy) is 2. The standard InChI is InChI=1S/C14H9I2O4/c1-19-13(17)9-6-10(15)12(11(16)7-9)20-14(18)8-4-2-3-5-8/h2-7H,1H3. The van der Waals surface area contributed by atoms with E-state index in [0.29, 0.717) is 24.4 Å². The van der Waals surface area contributed by atoms with Gasteiger partial charge in [0, 0.05) is 0 Å². The summed E-state index contributed by atoms with van der Waals surface area (Å²) in [5.74, 6) is 0.102. The highest BCUT2D eigenvalue weighted by atomic mass is 127. The second-order valence-electron chi connectivity index (χ2n) is 3.82. The molecule has 0 heterocycles. The zero-order valence-electron chi connectivity index (χ0n) is 10.4. The molecule has 0 spiro atoms. The first-order valence-corrected chi connectivity index (χ1v) is 7.70. The van der Waals surface area contributed by atoms with Crippen molar-refractivity contribution in [3.8, 4) is 5.75 Å². The van der Waals surface area contributed by atoms with E-state index in [-0.39, 0.29) is 0 Å². The predicted molar refractivity (Wildman–Crippen MR) is 89.3 cm³/mol. The van der Waals surface area contributed by atoms with E-state index in [2.05, 4.69) is 4.74 Å². The summed E-state index contributed by atoms with van der Waals surface area (Å²) in [5.41, 5.74) is 0.425. The smallest absolute Gasteiger partial charge is 0.337 e. The molecule has 0 amide bonds. The van der Waals surface area contributed by atoms with Gasteiger partial charge in [-0.1, -0.05) is 0 Å². The number of carbonyl (C=O) groups excluding carboxylic acids is 2. The maximum atomic E-state index is 11.9. The Morgan fingerprint density at radius 2 is 1.55 bits per heavy atom. The SMILES string of the molecule is COC(=O)c1cc(I)c(OC(=O)[C]2[CH][CH][CH][CH]2)c(I)c1. The van der Waals surface area contributed by atoms with Crippen LogP contribution in [0.4, 0.5) is 0 Å². The Morgan fingerprint density at radius 3 is 2.05 bits per heavy atom. The molecule has 0 bridgehead atoms. The quantitative estimate of drug-likeness (QED) is 0.368. The normalized spacial score (nSPS) is 15.2. The Kier molecular flexibility index (Phi) is 5.65. The van der Waals surface area contributed by atoms with Crippen LogP contribution in [0.15, 0.2) is 12.1 Å². The number of methoxy groups -OCH3 is 1. The molecule has 2 rings (SSSR count). The lowest BCUT2D eigenvalue weighted by molar-refractivity contribution is -0.131. The number of hydrogen-bond acceptors (Lipinski definition) is 4. The van der Waals surface area contributed by atoms with Crippen LogP contribution in [0.25, 0.3) is 0 Å². The van der Waals surface area contributed by atoms with E-state index in [1.165, 1.54) is 7.11 Å². The van der Waals surface area contributed by atoms with Crippen LogP contribution in [-0.4, -0.2) is 19.0 Å². The molecule has 1 aliphatic rings. The van der Waals surface area contributed by atoms with Crippen LogP contribution >= 0.6 is 45.2 Å². The van der Waals surface area contributed by atoms with Gasteiger partial charge in [-0.3, -0.25) is 4.79 Å².